The van der Waals surface area contributed by atoms with Gasteiger partial charge < -0.3 is 9.64 Å². The maximum Gasteiger partial charge on any atom is 0.146 e. The molecule has 0 radical (unpaired) electrons. The molecule has 0 saturated heterocycles. The second-order valence-corrected chi connectivity index (χ2v) is 5.62. The second kappa shape index (κ2) is 4.31. The molecule has 0 aromatic heterocycles. The summed E-state index contributed by atoms with van der Waals surface area (Å²) in [5.74, 6) is 1.89. The minimum atomic E-state index is 0.865. The second-order valence-electron chi connectivity index (χ2n) is 3.94. The Morgan fingerprint density at radius 1 is 1.47 bits per heavy atom. The van der Waals surface area contributed by atoms with Crippen molar-refractivity contribution in [1.29, 1.82) is 0 Å². The molecule has 2 aliphatic heterocycles. The van der Waals surface area contributed by atoms with E-state index >= 15 is 0 Å². The smallest absolute Gasteiger partial charge is 0.146 e. The SMILES string of the molecule is COc1ccc2c(c1)SC(=S)N1CCCN=C21. The average molecular weight is 264 g/mol. The van der Waals surface area contributed by atoms with Crippen LogP contribution in [0.4, 0.5) is 0 Å². The van der Waals surface area contributed by atoms with Crippen molar-refractivity contribution in [2.24, 2.45) is 4.99 Å². The number of benzene rings is 1. The lowest BCUT2D eigenvalue weighted by Gasteiger charge is -2.34. The molecular weight excluding hydrogens is 252 g/mol. The summed E-state index contributed by atoms with van der Waals surface area (Å²) in [5, 5.41) is 0. The molecule has 3 nitrogen and oxygen atoms in total. The Morgan fingerprint density at radius 3 is 3.18 bits per heavy atom. The maximum absolute atomic E-state index is 5.43. The van der Waals surface area contributed by atoms with Gasteiger partial charge in [-0.1, -0.05) is 24.0 Å². The number of ether oxygens (including phenoxy) is 1. The molecule has 0 N–H and O–H groups in total. The van der Waals surface area contributed by atoms with Crippen LogP contribution in [0, 0.1) is 0 Å². The number of aliphatic imine (C=N–C) groups is 1. The number of thioether (sulfide) groups is 1. The molecular formula is C12H12N2OS2. The number of hydrogen-bond donors (Lipinski definition) is 0. The topological polar surface area (TPSA) is 24.8 Å². The lowest BCUT2D eigenvalue weighted by atomic mass is 10.1. The van der Waals surface area contributed by atoms with Crippen LogP contribution in [-0.2, 0) is 0 Å². The van der Waals surface area contributed by atoms with Crippen LogP contribution in [0.1, 0.15) is 12.0 Å². The number of fused-ring (bicyclic) bond motifs is 3. The minimum absolute atomic E-state index is 0.865. The van der Waals surface area contributed by atoms with Gasteiger partial charge in [-0.15, -0.1) is 0 Å². The van der Waals surface area contributed by atoms with Crippen molar-refractivity contribution in [1.82, 2.24) is 4.90 Å². The van der Waals surface area contributed by atoms with E-state index in [0.717, 1.165) is 40.3 Å². The van der Waals surface area contributed by atoms with Gasteiger partial charge in [-0.2, -0.15) is 0 Å². The Labute approximate surface area is 110 Å². The fraction of sp³-hybridized carbons (Fsp3) is 0.333. The molecule has 3 rings (SSSR count). The summed E-state index contributed by atoms with van der Waals surface area (Å²) in [5.41, 5.74) is 1.17. The molecule has 0 unspecified atom stereocenters. The first kappa shape index (κ1) is 11.0. The van der Waals surface area contributed by atoms with Gasteiger partial charge in [-0.25, -0.2) is 0 Å². The van der Waals surface area contributed by atoms with Crippen molar-refractivity contribution in [2.75, 3.05) is 20.2 Å². The molecule has 0 atom stereocenters. The number of rotatable bonds is 1. The largest absolute Gasteiger partial charge is 0.497 e. The van der Waals surface area contributed by atoms with Gasteiger partial charge in [0.1, 0.15) is 15.9 Å². The van der Waals surface area contributed by atoms with Crippen molar-refractivity contribution in [3.8, 4) is 5.75 Å². The van der Waals surface area contributed by atoms with Crippen molar-refractivity contribution >= 4 is 34.1 Å². The molecule has 2 aliphatic rings. The fourth-order valence-corrected chi connectivity index (χ4v) is 3.43. The summed E-state index contributed by atoms with van der Waals surface area (Å²) in [7, 11) is 1.68. The van der Waals surface area contributed by atoms with Gasteiger partial charge in [0, 0.05) is 23.5 Å². The van der Waals surface area contributed by atoms with Crippen LogP contribution < -0.4 is 4.74 Å². The van der Waals surface area contributed by atoms with Gasteiger partial charge >= 0.3 is 0 Å². The molecule has 1 aromatic rings. The summed E-state index contributed by atoms with van der Waals surface area (Å²) in [6.45, 7) is 1.88. The van der Waals surface area contributed by atoms with Gasteiger partial charge in [0.15, 0.2) is 0 Å². The first-order valence-corrected chi connectivity index (χ1v) is 6.74. The average Bonchev–Trinajstić information content (AvgIpc) is 2.38. The number of amidine groups is 1. The van der Waals surface area contributed by atoms with Gasteiger partial charge in [0.2, 0.25) is 0 Å². The van der Waals surface area contributed by atoms with E-state index in [4.69, 9.17) is 17.0 Å². The van der Waals surface area contributed by atoms with Gasteiger partial charge in [0.05, 0.1) is 7.11 Å². The molecule has 0 bridgehead atoms. The molecule has 0 fully saturated rings. The molecule has 1 aromatic carbocycles. The van der Waals surface area contributed by atoms with E-state index < -0.39 is 0 Å². The highest BCUT2D eigenvalue weighted by atomic mass is 32.2. The van der Waals surface area contributed by atoms with Crippen LogP contribution in [0.3, 0.4) is 0 Å². The molecule has 0 aliphatic carbocycles. The van der Waals surface area contributed by atoms with Gasteiger partial charge in [-0.3, -0.25) is 4.99 Å². The summed E-state index contributed by atoms with van der Waals surface area (Å²) in [6.07, 6.45) is 1.08. The molecule has 88 valence electrons. The normalized spacial score (nSPS) is 18.3. The number of methoxy groups -OCH3 is 1. The van der Waals surface area contributed by atoms with E-state index in [1.54, 1.807) is 18.9 Å². The highest BCUT2D eigenvalue weighted by Gasteiger charge is 2.28. The van der Waals surface area contributed by atoms with Crippen molar-refractivity contribution in [3.63, 3.8) is 0 Å². The van der Waals surface area contributed by atoms with Gasteiger partial charge in [0.25, 0.3) is 0 Å². The lowest BCUT2D eigenvalue weighted by Crippen LogP contribution is -2.41. The predicted octanol–water partition coefficient (Wildman–Crippen LogP) is 2.54. The molecule has 0 amide bonds. The molecule has 0 spiro atoms. The number of nitrogens with zero attached hydrogens (tertiary/aromatic N) is 2. The first-order chi connectivity index (χ1) is 8.29. The minimum Gasteiger partial charge on any atom is -0.497 e. The Bertz CT molecular complexity index is 513. The summed E-state index contributed by atoms with van der Waals surface area (Å²) < 4.78 is 6.13. The van der Waals surface area contributed by atoms with Crippen LogP contribution in [0.25, 0.3) is 0 Å². The van der Waals surface area contributed by atoms with Crippen LogP contribution in [0.15, 0.2) is 28.1 Å². The van der Waals surface area contributed by atoms with Crippen LogP contribution in [0.5, 0.6) is 5.75 Å². The Hall–Kier alpha value is -1.07. The van der Waals surface area contributed by atoms with Crippen molar-refractivity contribution in [3.05, 3.63) is 23.8 Å². The van der Waals surface area contributed by atoms with Crippen LogP contribution in [-0.4, -0.2) is 35.3 Å². The fourth-order valence-electron chi connectivity index (χ4n) is 2.06. The molecule has 2 heterocycles. The predicted molar refractivity (Wildman–Crippen MR) is 74.2 cm³/mol. The standard InChI is InChI=1S/C12H12N2OS2/c1-15-8-3-4-9-10(7-8)17-12(16)14-6-2-5-13-11(9)14/h3-4,7H,2,5-6H2,1H3. The Balaban J connectivity index is 2.11. The summed E-state index contributed by atoms with van der Waals surface area (Å²) >= 11 is 7.05. The van der Waals surface area contributed by atoms with E-state index in [0.29, 0.717) is 0 Å². The number of hydrogen-bond acceptors (Lipinski definition) is 4. The number of thiocarbonyl (C=S) groups is 1. The Morgan fingerprint density at radius 2 is 2.35 bits per heavy atom. The van der Waals surface area contributed by atoms with E-state index in [-0.39, 0.29) is 0 Å². The highest BCUT2D eigenvalue weighted by Crippen LogP contribution is 2.36. The van der Waals surface area contributed by atoms with Crippen molar-refractivity contribution in [2.45, 2.75) is 11.3 Å². The monoisotopic (exact) mass is 264 g/mol. The zero-order chi connectivity index (χ0) is 11.8. The van der Waals surface area contributed by atoms with E-state index in [9.17, 15) is 0 Å². The first-order valence-electron chi connectivity index (χ1n) is 5.52. The van der Waals surface area contributed by atoms with Crippen molar-refractivity contribution < 1.29 is 4.74 Å². The maximum atomic E-state index is 5.43. The zero-order valence-electron chi connectivity index (χ0n) is 9.47. The zero-order valence-corrected chi connectivity index (χ0v) is 11.1. The summed E-state index contributed by atoms with van der Waals surface area (Å²) in [6, 6.07) is 6.07. The van der Waals surface area contributed by atoms with E-state index in [1.807, 2.05) is 12.1 Å². The van der Waals surface area contributed by atoms with E-state index in [1.165, 1.54) is 5.56 Å². The third kappa shape index (κ3) is 1.83. The van der Waals surface area contributed by atoms with Gasteiger partial charge in [-0.05, 0) is 24.6 Å². The summed E-state index contributed by atoms with van der Waals surface area (Å²) in [4.78, 5) is 7.88. The third-order valence-electron chi connectivity index (χ3n) is 2.90. The lowest BCUT2D eigenvalue weighted by molar-refractivity contribution is 0.413. The highest BCUT2D eigenvalue weighted by molar-refractivity contribution is 8.23. The quantitative estimate of drug-likeness (QED) is 0.728. The molecule has 17 heavy (non-hydrogen) atoms. The van der Waals surface area contributed by atoms with E-state index in [2.05, 4.69) is 16.0 Å². The molecule has 5 heteroatoms. The third-order valence-corrected chi connectivity index (χ3v) is 4.33. The molecule has 0 saturated carbocycles. The Kier molecular flexibility index (Phi) is 2.80. The van der Waals surface area contributed by atoms with Crippen LogP contribution in [0.2, 0.25) is 0 Å². The van der Waals surface area contributed by atoms with Crippen LogP contribution >= 0.6 is 24.0 Å².